The molecule has 0 unspecified atom stereocenters. The summed E-state index contributed by atoms with van der Waals surface area (Å²) in [5.74, 6) is -1.14. The zero-order valence-electron chi connectivity index (χ0n) is 27.0. The molecule has 0 bridgehead atoms. The SMILES string of the molecule is C[C@H](CO)N1C[C@H](C)[C@@H](CN(C)C(=O)CCC(F)(F)F)OCCCC[C@H](C)Oc2ccc(NC(=O)C3CCCCC3)cc2C1=O. The molecule has 1 heterocycles. The minimum atomic E-state index is -4.43. The van der Waals surface area contributed by atoms with E-state index in [2.05, 4.69) is 5.32 Å². The second-order valence-electron chi connectivity index (χ2n) is 12.7. The lowest BCUT2D eigenvalue weighted by Crippen LogP contribution is -2.48. The van der Waals surface area contributed by atoms with Crippen molar-refractivity contribution in [1.82, 2.24) is 9.80 Å². The first-order chi connectivity index (χ1) is 21.3. The van der Waals surface area contributed by atoms with Gasteiger partial charge in [0.1, 0.15) is 5.75 Å². The maximum atomic E-state index is 14.2. The smallest absolute Gasteiger partial charge is 0.389 e. The number of aliphatic hydroxyl groups excluding tert-OH is 1. The van der Waals surface area contributed by atoms with Gasteiger partial charge >= 0.3 is 6.18 Å². The Morgan fingerprint density at radius 3 is 2.47 bits per heavy atom. The highest BCUT2D eigenvalue weighted by Gasteiger charge is 2.33. The predicted octanol–water partition coefficient (Wildman–Crippen LogP) is 5.80. The molecule has 0 spiro atoms. The fourth-order valence-electron chi connectivity index (χ4n) is 5.88. The van der Waals surface area contributed by atoms with Crippen molar-refractivity contribution < 1.29 is 42.1 Å². The first kappa shape index (κ1) is 36.6. The number of halogens is 3. The van der Waals surface area contributed by atoms with Gasteiger partial charge < -0.3 is 29.7 Å². The number of alkyl halides is 3. The number of amides is 3. The molecule has 254 valence electrons. The molecule has 45 heavy (non-hydrogen) atoms. The lowest BCUT2D eigenvalue weighted by Gasteiger charge is -2.36. The molecule has 12 heteroatoms. The number of aliphatic hydroxyl groups is 1. The van der Waals surface area contributed by atoms with Gasteiger partial charge in [0.2, 0.25) is 11.8 Å². The lowest BCUT2D eigenvalue weighted by atomic mass is 9.88. The van der Waals surface area contributed by atoms with E-state index < -0.39 is 43.0 Å². The van der Waals surface area contributed by atoms with Crippen molar-refractivity contribution in [2.75, 3.05) is 38.7 Å². The van der Waals surface area contributed by atoms with E-state index in [0.717, 1.165) is 38.5 Å². The number of carbonyl (C=O) groups is 3. The largest absolute Gasteiger partial charge is 0.490 e. The number of hydrogen-bond acceptors (Lipinski definition) is 6. The molecular weight excluding hydrogens is 591 g/mol. The van der Waals surface area contributed by atoms with Crippen LogP contribution in [0.5, 0.6) is 5.75 Å². The Labute approximate surface area is 264 Å². The van der Waals surface area contributed by atoms with E-state index in [1.54, 1.807) is 25.1 Å². The topological polar surface area (TPSA) is 108 Å². The van der Waals surface area contributed by atoms with Gasteiger partial charge in [-0.05, 0) is 64.2 Å². The summed E-state index contributed by atoms with van der Waals surface area (Å²) in [5.41, 5.74) is 0.740. The van der Waals surface area contributed by atoms with Gasteiger partial charge in [-0.3, -0.25) is 14.4 Å². The van der Waals surface area contributed by atoms with E-state index in [0.29, 0.717) is 30.9 Å². The molecule has 0 saturated heterocycles. The molecule has 1 aliphatic heterocycles. The van der Waals surface area contributed by atoms with Crippen molar-refractivity contribution in [1.29, 1.82) is 0 Å². The molecule has 0 aromatic heterocycles. The number of rotatable bonds is 8. The van der Waals surface area contributed by atoms with Crippen molar-refractivity contribution in [2.45, 2.75) is 109 Å². The zero-order chi connectivity index (χ0) is 33.1. The van der Waals surface area contributed by atoms with Gasteiger partial charge in [-0.15, -0.1) is 0 Å². The Bertz CT molecular complexity index is 1130. The summed E-state index contributed by atoms with van der Waals surface area (Å²) in [6, 6.07) is 4.47. The summed E-state index contributed by atoms with van der Waals surface area (Å²) in [5, 5.41) is 13.1. The van der Waals surface area contributed by atoms with Crippen LogP contribution in [0.2, 0.25) is 0 Å². The molecular formula is C33H50F3N3O6. The van der Waals surface area contributed by atoms with Crippen LogP contribution >= 0.6 is 0 Å². The van der Waals surface area contributed by atoms with Gasteiger partial charge in [-0.25, -0.2) is 0 Å². The molecule has 3 rings (SSSR count). The Morgan fingerprint density at radius 2 is 1.80 bits per heavy atom. The fourth-order valence-corrected chi connectivity index (χ4v) is 5.88. The Balaban J connectivity index is 1.88. The van der Waals surface area contributed by atoms with E-state index in [-0.39, 0.29) is 49.1 Å². The number of fused-ring (bicyclic) bond motifs is 1. The van der Waals surface area contributed by atoms with Crippen LogP contribution in [0.3, 0.4) is 0 Å². The highest BCUT2D eigenvalue weighted by molar-refractivity contribution is 6.00. The van der Waals surface area contributed by atoms with Crippen molar-refractivity contribution in [3.05, 3.63) is 23.8 Å². The number of nitrogens with one attached hydrogen (secondary N) is 1. The van der Waals surface area contributed by atoms with Crippen LogP contribution in [0.25, 0.3) is 0 Å². The average molecular weight is 642 g/mol. The molecule has 9 nitrogen and oxygen atoms in total. The summed E-state index contributed by atoms with van der Waals surface area (Å²) in [7, 11) is 1.46. The first-order valence-electron chi connectivity index (χ1n) is 16.2. The van der Waals surface area contributed by atoms with E-state index >= 15 is 0 Å². The fraction of sp³-hybridized carbons (Fsp3) is 0.727. The molecule has 1 aliphatic carbocycles. The van der Waals surface area contributed by atoms with Gasteiger partial charge in [0.05, 0.1) is 36.8 Å². The predicted molar refractivity (Wildman–Crippen MR) is 165 cm³/mol. The van der Waals surface area contributed by atoms with Crippen LogP contribution in [0.4, 0.5) is 18.9 Å². The molecule has 2 N–H and O–H groups in total. The van der Waals surface area contributed by atoms with Crippen molar-refractivity contribution in [2.24, 2.45) is 11.8 Å². The minimum Gasteiger partial charge on any atom is -0.490 e. The molecule has 1 saturated carbocycles. The Kier molecular flexibility index (Phi) is 14.0. The molecule has 1 fully saturated rings. The summed E-state index contributed by atoms with van der Waals surface area (Å²) in [4.78, 5) is 42.5. The van der Waals surface area contributed by atoms with Gasteiger partial charge in [0.25, 0.3) is 5.91 Å². The number of anilines is 1. The maximum Gasteiger partial charge on any atom is 0.389 e. The van der Waals surface area contributed by atoms with Gasteiger partial charge in [-0.1, -0.05) is 26.2 Å². The standard InChI is InChI=1S/C33H50F3N3O6/c1-22-19-39(23(2)21-40)32(43)27-18-26(37-31(42)25-11-6-5-7-12-25)13-14-28(27)45-24(3)10-8-9-17-44-29(22)20-38(4)30(41)15-16-33(34,35)36/h13-14,18,22-25,29,40H,5-12,15-17,19-21H2,1-4H3,(H,37,42)/t22-,23+,24-,29+/m0/s1. The monoisotopic (exact) mass is 641 g/mol. The Hall–Kier alpha value is -2.86. The van der Waals surface area contributed by atoms with Gasteiger partial charge in [0.15, 0.2) is 0 Å². The number of carbonyl (C=O) groups excluding carboxylic acids is 3. The van der Waals surface area contributed by atoms with Gasteiger partial charge in [-0.2, -0.15) is 13.2 Å². The second kappa shape index (κ2) is 17.2. The van der Waals surface area contributed by atoms with Crippen LogP contribution < -0.4 is 10.1 Å². The maximum absolute atomic E-state index is 14.2. The first-order valence-corrected chi connectivity index (χ1v) is 16.2. The van der Waals surface area contributed by atoms with Crippen LogP contribution in [0.1, 0.15) is 95.3 Å². The van der Waals surface area contributed by atoms with E-state index in [1.165, 1.54) is 16.8 Å². The van der Waals surface area contributed by atoms with Crippen LogP contribution in [0.15, 0.2) is 18.2 Å². The molecule has 1 aromatic rings. The minimum absolute atomic E-state index is 0.0564. The van der Waals surface area contributed by atoms with E-state index in [9.17, 15) is 32.7 Å². The summed E-state index contributed by atoms with van der Waals surface area (Å²) in [6.45, 7) is 5.75. The molecule has 3 amide bonds. The highest BCUT2D eigenvalue weighted by Crippen LogP contribution is 2.30. The highest BCUT2D eigenvalue weighted by atomic mass is 19.4. The number of likely N-dealkylation sites (N-methyl/N-ethyl adjacent to an activating group) is 1. The number of nitrogens with zero attached hydrogens (tertiary/aromatic N) is 2. The summed E-state index contributed by atoms with van der Waals surface area (Å²) >= 11 is 0. The van der Waals surface area contributed by atoms with Gasteiger partial charge in [0, 0.05) is 50.7 Å². The van der Waals surface area contributed by atoms with Crippen molar-refractivity contribution >= 4 is 23.4 Å². The third-order valence-corrected chi connectivity index (χ3v) is 8.80. The van der Waals surface area contributed by atoms with Crippen LogP contribution in [-0.2, 0) is 14.3 Å². The Morgan fingerprint density at radius 1 is 1.11 bits per heavy atom. The number of benzene rings is 1. The second-order valence-corrected chi connectivity index (χ2v) is 12.7. The molecule has 1 aromatic carbocycles. The average Bonchev–Trinajstić information content (AvgIpc) is 3.01. The number of ether oxygens (including phenoxy) is 2. The van der Waals surface area contributed by atoms with Crippen LogP contribution in [-0.4, -0.2) is 90.4 Å². The summed E-state index contributed by atoms with van der Waals surface area (Å²) < 4.78 is 50.6. The lowest BCUT2D eigenvalue weighted by molar-refractivity contribution is -0.149. The quantitative estimate of drug-likeness (QED) is 0.372. The summed E-state index contributed by atoms with van der Waals surface area (Å²) in [6.07, 6.45) is -0.0793. The molecule has 2 aliphatic rings. The van der Waals surface area contributed by atoms with Crippen molar-refractivity contribution in [3.8, 4) is 5.75 Å². The zero-order valence-corrected chi connectivity index (χ0v) is 27.0. The molecule has 4 atom stereocenters. The number of hydrogen-bond donors (Lipinski definition) is 2. The van der Waals surface area contributed by atoms with Crippen molar-refractivity contribution in [3.63, 3.8) is 0 Å². The van der Waals surface area contributed by atoms with E-state index in [4.69, 9.17) is 9.47 Å². The third-order valence-electron chi connectivity index (χ3n) is 8.80. The normalized spacial score (nSPS) is 23.3. The van der Waals surface area contributed by atoms with Crippen LogP contribution in [0, 0.1) is 11.8 Å². The third kappa shape index (κ3) is 11.5. The molecule has 0 radical (unpaired) electrons. The van der Waals surface area contributed by atoms with E-state index in [1.807, 2.05) is 13.8 Å².